The molecule has 2 N–H and O–H groups in total. The van der Waals surface area contributed by atoms with Crippen LogP contribution in [0.1, 0.15) is 18.4 Å². The highest BCUT2D eigenvalue weighted by molar-refractivity contribution is 5.84. The third-order valence-electron chi connectivity index (χ3n) is 2.89. The number of aliphatic hydroxyl groups is 1. The van der Waals surface area contributed by atoms with Gasteiger partial charge in [-0.3, -0.25) is 10.00 Å². The Kier molecular flexibility index (Phi) is 5.78. The summed E-state index contributed by atoms with van der Waals surface area (Å²) in [5.74, 6) is 0. The summed E-state index contributed by atoms with van der Waals surface area (Å²) in [5.41, 5.74) is 1.53. The number of hydrogen-bond donors (Lipinski definition) is 2. The van der Waals surface area contributed by atoms with Gasteiger partial charge in [0.05, 0.1) is 11.9 Å². The molecule has 2 aromatic rings. The molecule has 6 heteroatoms. The molecular weight excluding hydrogens is 270 g/mol. The van der Waals surface area contributed by atoms with Gasteiger partial charge in [-0.1, -0.05) is 30.3 Å². The van der Waals surface area contributed by atoms with Crippen LogP contribution in [0.3, 0.4) is 0 Å². The first-order valence-corrected chi connectivity index (χ1v) is 6.89. The largest absolute Gasteiger partial charge is 0.444 e. The average molecular weight is 289 g/mol. The zero-order chi connectivity index (χ0) is 14.9. The Morgan fingerprint density at radius 1 is 1.29 bits per heavy atom. The highest BCUT2D eigenvalue weighted by atomic mass is 16.5. The molecule has 0 saturated heterocycles. The lowest BCUT2D eigenvalue weighted by atomic mass is 10.2. The minimum atomic E-state index is -0.506. The van der Waals surface area contributed by atoms with E-state index in [-0.39, 0.29) is 13.2 Å². The van der Waals surface area contributed by atoms with Crippen LogP contribution in [-0.2, 0) is 17.9 Å². The zero-order valence-corrected chi connectivity index (χ0v) is 11.7. The molecule has 1 aromatic carbocycles. The Balaban J connectivity index is 1.75. The second-order valence-electron chi connectivity index (χ2n) is 4.61. The molecule has 0 fully saturated rings. The molecule has 0 aliphatic rings. The summed E-state index contributed by atoms with van der Waals surface area (Å²) in [5, 5.41) is 15.5. The number of amides is 1. The van der Waals surface area contributed by atoms with Crippen LogP contribution in [-0.4, -0.2) is 27.6 Å². The summed E-state index contributed by atoms with van der Waals surface area (Å²) in [7, 11) is 0. The van der Waals surface area contributed by atoms with Crippen LogP contribution in [0.4, 0.5) is 10.5 Å². The number of nitrogens with one attached hydrogen (secondary N) is 1. The fourth-order valence-corrected chi connectivity index (χ4v) is 1.81. The van der Waals surface area contributed by atoms with Gasteiger partial charge < -0.3 is 9.84 Å². The lowest BCUT2D eigenvalue weighted by Crippen LogP contribution is -2.13. The quantitative estimate of drug-likeness (QED) is 0.767. The van der Waals surface area contributed by atoms with Crippen LogP contribution in [0, 0.1) is 0 Å². The second kappa shape index (κ2) is 8.06. The predicted octanol–water partition coefficient (Wildman–Crippen LogP) is 2.40. The van der Waals surface area contributed by atoms with Crippen molar-refractivity contribution in [3.05, 3.63) is 48.3 Å². The van der Waals surface area contributed by atoms with E-state index in [9.17, 15) is 4.79 Å². The Labute approximate surface area is 123 Å². The fraction of sp³-hybridized carbons (Fsp3) is 0.333. The molecule has 0 aliphatic heterocycles. The maximum Gasteiger partial charge on any atom is 0.412 e. The number of aryl methyl sites for hydroxylation is 1. The molecule has 0 saturated carbocycles. The van der Waals surface area contributed by atoms with Gasteiger partial charge in [-0.05, 0) is 18.4 Å². The number of carbonyl (C=O) groups excluding carboxylic acids is 1. The molecule has 21 heavy (non-hydrogen) atoms. The smallest absolute Gasteiger partial charge is 0.412 e. The second-order valence-corrected chi connectivity index (χ2v) is 4.61. The molecule has 0 bridgehead atoms. The van der Waals surface area contributed by atoms with Crippen molar-refractivity contribution in [1.82, 2.24) is 9.78 Å². The maximum absolute atomic E-state index is 11.7. The van der Waals surface area contributed by atoms with E-state index in [0.717, 1.165) is 18.4 Å². The summed E-state index contributed by atoms with van der Waals surface area (Å²) >= 11 is 0. The number of unbranched alkanes of at least 4 members (excludes halogenated alkanes) is 1. The Morgan fingerprint density at radius 2 is 2.10 bits per heavy atom. The monoisotopic (exact) mass is 289 g/mol. The number of carbonyl (C=O) groups is 1. The molecule has 1 aromatic heterocycles. The van der Waals surface area contributed by atoms with Crippen LogP contribution in [0.15, 0.2) is 42.7 Å². The average Bonchev–Trinajstić information content (AvgIpc) is 2.94. The number of nitrogens with zero attached hydrogens (tertiary/aromatic N) is 2. The van der Waals surface area contributed by atoms with Gasteiger partial charge in [-0.15, -0.1) is 0 Å². The standard InChI is InChI=1S/C15H19N3O3/c19-9-5-4-8-18-11-14(10-16-18)17-15(20)21-12-13-6-2-1-3-7-13/h1-3,6-7,10-11,19H,4-5,8-9,12H2,(H,17,20). The van der Waals surface area contributed by atoms with Crippen molar-refractivity contribution in [3.8, 4) is 0 Å². The highest BCUT2D eigenvalue weighted by Gasteiger charge is 2.05. The normalized spacial score (nSPS) is 10.3. The van der Waals surface area contributed by atoms with Crippen LogP contribution < -0.4 is 5.32 Å². The first kappa shape index (κ1) is 15.1. The number of rotatable bonds is 7. The van der Waals surface area contributed by atoms with Crippen molar-refractivity contribution in [3.63, 3.8) is 0 Å². The van der Waals surface area contributed by atoms with E-state index >= 15 is 0 Å². The van der Waals surface area contributed by atoms with E-state index in [1.807, 2.05) is 30.3 Å². The Bertz CT molecular complexity index is 554. The molecule has 6 nitrogen and oxygen atoms in total. The van der Waals surface area contributed by atoms with Crippen molar-refractivity contribution in [2.45, 2.75) is 26.0 Å². The summed E-state index contributed by atoms with van der Waals surface area (Å²) in [6.45, 7) is 1.12. The van der Waals surface area contributed by atoms with E-state index in [2.05, 4.69) is 10.4 Å². The van der Waals surface area contributed by atoms with Gasteiger partial charge in [-0.25, -0.2) is 4.79 Å². The van der Waals surface area contributed by atoms with Crippen LogP contribution >= 0.6 is 0 Å². The molecule has 0 aliphatic carbocycles. The Hall–Kier alpha value is -2.34. The first-order valence-electron chi connectivity index (χ1n) is 6.89. The predicted molar refractivity (Wildman–Crippen MR) is 78.8 cm³/mol. The lowest BCUT2D eigenvalue weighted by molar-refractivity contribution is 0.155. The van der Waals surface area contributed by atoms with Gasteiger partial charge in [0.15, 0.2) is 0 Å². The van der Waals surface area contributed by atoms with Gasteiger partial charge in [0.25, 0.3) is 0 Å². The summed E-state index contributed by atoms with van der Waals surface area (Å²) in [6.07, 6.45) is 4.38. The maximum atomic E-state index is 11.7. The lowest BCUT2D eigenvalue weighted by Gasteiger charge is -2.05. The van der Waals surface area contributed by atoms with E-state index < -0.39 is 6.09 Å². The fourth-order valence-electron chi connectivity index (χ4n) is 1.81. The molecule has 0 radical (unpaired) electrons. The van der Waals surface area contributed by atoms with Crippen molar-refractivity contribution in [2.24, 2.45) is 0 Å². The topological polar surface area (TPSA) is 76.4 Å². The molecule has 1 heterocycles. The van der Waals surface area contributed by atoms with Crippen LogP contribution in [0.2, 0.25) is 0 Å². The van der Waals surface area contributed by atoms with Gasteiger partial charge in [0.1, 0.15) is 6.61 Å². The minimum Gasteiger partial charge on any atom is -0.444 e. The third-order valence-corrected chi connectivity index (χ3v) is 2.89. The van der Waals surface area contributed by atoms with Crippen molar-refractivity contribution in [1.29, 1.82) is 0 Å². The van der Waals surface area contributed by atoms with E-state index in [0.29, 0.717) is 12.2 Å². The van der Waals surface area contributed by atoms with E-state index in [1.54, 1.807) is 17.1 Å². The SMILES string of the molecule is O=C(Nc1cnn(CCCCO)c1)OCc1ccccc1. The van der Waals surface area contributed by atoms with Gasteiger partial charge in [0.2, 0.25) is 0 Å². The molecule has 0 unspecified atom stereocenters. The van der Waals surface area contributed by atoms with Crippen molar-refractivity contribution < 1.29 is 14.6 Å². The third kappa shape index (κ3) is 5.27. The number of hydrogen-bond acceptors (Lipinski definition) is 4. The number of benzene rings is 1. The van der Waals surface area contributed by atoms with Crippen molar-refractivity contribution in [2.75, 3.05) is 11.9 Å². The number of ether oxygens (including phenoxy) is 1. The zero-order valence-electron chi connectivity index (χ0n) is 11.7. The van der Waals surface area contributed by atoms with Gasteiger partial charge >= 0.3 is 6.09 Å². The molecule has 2 rings (SSSR count). The van der Waals surface area contributed by atoms with Gasteiger partial charge in [-0.2, -0.15) is 5.10 Å². The molecule has 0 atom stereocenters. The van der Waals surface area contributed by atoms with Crippen LogP contribution in [0.5, 0.6) is 0 Å². The summed E-state index contributed by atoms with van der Waals surface area (Å²) < 4.78 is 6.84. The molecule has 0 spiro atoms. The Morgan fingerprint density at radius 3 is 2.86 bits per heavy atom. The summed E-state index contributed by atoms with van der Waals surface area (Å²) in [6, 6.07) is 9.49. The van der Waals surface area contributed by atoms with E-state index in [1.165, 1.54) is 0 Å². The highest BCUT2D eigenvalue weighted by Crippen LogP contribution is 2.07. The molecule has 112 valence electrons. The van der Waals surface area contributed by atoms with E-state index in [4.69, 9.17) is 9.84 Å². The van der Waals surface area contributed by atoms with Gasteiger partial charge in [0, 0.05) is 19.3 Å². The summed E-state index contributed by atoms with van der Waals surface area (Å²) in [4.78, 5) is 11.7. The number of anilines is 1. The first-order chi connectivity index (χ1) is 10.3. The number of aliphatic hydroxyl groups excluding tert-OH is 1. The minimum absolute atomic E-state index is 0.179. The molecular formula is C15H19N3O3. The number of aromatic nitrogens is 2. The molecule has 1 amide bonds. The van der Waals surface area contributed by atoms with Crippen LogP contribution in [0.25, 0.3) is 0 Å². The van der Waals surface area contributed by atoms with Crippen molar-refractivity contribution >= 4 is 11.8 Å².